The van der Waals surface area contributed by atoms with E-state index in [0.29, 0.717) is 13.1 Å². The van der Waals surface area contributed by atoms with Crippen molar-refractivity contribution >= 4 is 23.3 Å². The van der Waals surface area contributed by atoms with Gasteiger partial charge in [-0.15, -0.1) is 11.3 Å². The first-order valence-corrected chi connectivity index (χ1v) is 8.54. The van der Waals surface area contributed by atoms with Gasteiger partial charge in [-0.2, -0.15) is 5.10 Å². The summed E-state index contributed by atoms with van der Waals surface area (Å²) in [6.45, 7) is 3.17. The van der Waals surface area contributed by atoms with E-state index in [1.165, 1.54) is 0 Å². The molecule has 1 N–H and O–H groups in total. The number of thiophene rings is 1. The minimum atomic E-state index is -0.0966. The highest BCUT2D eigenvalue weighted by Gasteiger charge is 2.06. The third kappa shape index (κ3) is 4.17. The summed E-state index contributed by atoms with van der Waals surface area (Å²) in [6.07, 6.45) is 6.92. The Morgan fingerprint density at radius 3 is 3.04 bits per heavy atom. The van der Waals surface area contributed by atoms with E-state index in [1.54, 1.807) is 29.8 Å². The summed E-state index contributed by atoms with van der Waals surface area (Å²) in [5, 5.41) is 9.43. The molecule has 0 atom stereocenters. The number of rotatable bonds is 6. The molecule has 5 nitrogen and oxygen atoms in total. The number of aryl methyl sites for hydroxylation is 1. The Hall–Kier alpha value is -2.73. The van der Waals surface area contributed by atoms with Crippen molar-refractivity contribution in [3.05, 3.63) is 64.8 Å². The van der Waals surface area contributed by atoms with Crippen molar-refractivity contribution in [2.75, 3.05) is 6.54 Å². The average Bonchev–Trinajstić information content (AvgIpc) is 3.24. The number of carbonyl (C=O) groups excluding carboxylic acids is 1. The van der Waals surface area contributed by atoms with Crippen LogP contribution in [0.4, 0.5) is 0 Å². The Labute approximate surface area is 144 Å². The normalized spacial score (nSPS) is 11.0. The molecule has 0 radical (unpaired) electrons. The van der Waals surface area contributed by atoms with Gasteiger partial charge >= 0.3 is 0 Å². The molecule has 0 saturated carbocycles. The highest BCUT2D eigenvalue weighted by Crippen LogP contribution is 2.17. The topological polar surface area (TPSA) is 59.8 Å². The molecule has 3 aromatic heterocycles. The molecule has 0 aliphatic heterocycles. The van der Waals surface area contributed by atoms with E-state index in [1.807, 2.05) is 53.4 Å². The van der Waals surface area contributed by atoms with Crippen molar-refractivity contribution in [1.82, 2.24) is 20.1 Å². The number of hydrogen-bond donors (Lipinski definition) is 1. The number of hydrogen-bond acceptors (Lipinski definition) is 4. The second-order valence-electron chi connectivity index (χ2n) is 5.28. The molecule has 1 amide bonds. The molecule has 3 heterocycles. The summed E-state index contributed by atoms with van der Waals surface area (Å²) in [7, 11) is 0. The molecule has 0 aliphatic carbocycles. The van der Waals surface area contributed by atoms with Crippen LogP contribution < -0.4 is 5.32 Å². The van der Waals surface area contributed by atoms with E-state index in [0.717, 1.165) is 21.8 Å². The first-order valence-electron chi connectivity index (χ1n) is 7.66. The summed E-state index contributed by atoms with van der Waals surface area (Å²) < 4.78 is 1.89. The Bertz CT molecular complexity index is 822. The number of carbonyl (C=O) groups is 1. The molecular formula is C18H18N4OS. The largest absolute Gasteiger partial charge is 0.351 e. The predicted octanol–water partition coefficient (Wildman–Crippen LogP) is 3.14. The SMILES string of the molecule is Cc1cc(-c2cccnc2)nn1CCNC(=O)/C=C/c1cccs1. The van der Waals surface area contributed by atoms with E-state index in [4.69, 9.17) is 0 Å². The zero-order valence-corrected chi connectivity index (χ0v) is 14.2. The van der Waals surface area contributed by atoms with Gasteiger partial charge < -0.3 is 5.32 Å². The van der Waals surface area contributed by atoms with Crippen molar-refractivity contribution in [2.24, 2.45) is 0 Å². The fourth-order valence-corrected chi connectivity index (χ4v) is 2.90. The third-order valence-corrected chi connectivity index (χ3v) is 4.34. The van der Waals surface area contributed by atoms with Gasteiger partial charge in [0.25, 0.3) is 0 Å². The maximum atomic E-state index is 11.8. The quantitative estimate of drug-likeness (QED) is 0.703. The van der Waals surface area contributed by atoms with E-state index in [-0.39, 0.29) is 5.91 Å². The maximum Gasteiger partial charge on any atom is 0.244 e. The van der Waals surface area contributed by atoms with Crippen LogP contribution in [0, 0.1) is 6.92 Å². The Kier molecular flexibility index (Phi) is 5.18. The summed E-state index contributed by atoms with van der Waals surface area (Å²) in [4.78, 5) is 17.0. The lowest BCUT2D eigenvalue weighted by Crippen LogP contribution is -2.26. The smallest absolute Gasteiger partial charge is 0.244 e. The van der Waals surface area contributed by atoms with Crippen LogP contribution in [0.15, 0.2) is 54.2 Å². The zero-order valence-electron chi connectivity index (χ0n) is 13.3. The minimum absolute atomic E-state index is 0.0966. The van der Waals surface area contributed by atoms with E-state index < -0.39 is 0 Å². The van der Waals surface area contributed by atoms with Gasteiger partial charge in [-0.05, 0) is 42.6 Å². The predicted molar refractivity (Wildman–Crippen MR) is 96.6 cm³/mol. The standard InChI is InChI=1S/C18H18N4OS/c1-14-12-17(15-4-2-8-19-13-15)21-22(14)10-9-20-18(23)7-6-16-5-3-11-24-16/h2-8,11-13H,9-10H2,1H3,(H,20,23)/b7-6+. The molecule has 3 rings (SSSR count). The molecule has 0 saturated heterocycles. The average molecular weight is 338 g/mol. The molecular weight excluding hydrogens is 320 g/mol. The molecule has 122 valence electrons. The number of nitrogens with zero attached hydrogens (tertiary/aromatic N) is 3. The molecule has 3 aromatic rings. The second kappa shape index (κ2) is 7.70. The van der Waals surface area contributed by atoms with Gasteiger partial charge in [0.15, 0.2) is 0 Å². The lowest BCUT2D eigenvalue weighted by molar-refractivity contribution is -0.116. The molecule has 24 heavy (non-hydrogen) atoms. The number of nitrogens with one attached hydrogen (secondary N) is 1. The van der Waals surface area contributed by atoms with Gasteiger partial charge in [-0.1, -0.05) is 6.07 Å². The van der Waals surface area contributed by atoms with Gasteiger partial charge in [-0.3, -0.25) is 14.5 Å². The van der Waals surface area contributed by atoms with Crippen molar-refractivity contribution in [3.8, 4) is 11.3 Å². The van der Waals surface area contributed by atoms with Crippen LogP contribution in [-0.2, 0) is 11.3 Å². The number of aromatic nitrogens is 3. The summed E-state index contributed by atoms with van der Waals surface area (Å²) in [6, 6.07) is 9.83. The van der Waals surface area contributed by atoms with Crippen molar-refractivity contribution in [3.63, 3.8) is 0 Å². The molecule has 0 unspecified atom stereocenters. The van der Waals surface area contributed by atoms with E-state index in [2.05, 4.69) is 15.4 Å². The summed E-state index contributed by atoms with van der Waals surface area (Å²) >= 11 is 1.60. The fraction of sp³-hybridized carbons (Fsp3) is 0.167. The monoisotopic (exact) mass is 338 g/mol. The molecule has 0 spiro atoms. The molecule has 0 fully saturated rings. The highest BCUT2D eigenvalue weighted by molar-refractivity contribution is 7.10. The Balaban J connectivity index is 1.53. The fourth-order valence-electron chi connectivity index (χ4n) is 2.28. The van der Waals surface area contributed by atoms with Gasteiger partial charge in [0.2, 0.25) is 5.91 Å². The highest BCUT2D eigenvalue weighted by atomic mass is 32.1. The lowest BCUT2D eigenvalue weighted by atomic mass is 10.2. The van der Waals surface area contributed by atoms with Gasteiger partial charge in [-0.25, -0.2) is 0 Å². The van der Waals surface area contributed by atoms with Crippen molar-refractivity contribution in [2.45, 2.75) is 13.5 Å². The molecule has 0 aromatic carbocycles. The van der Waals surface area contributed by atoms with Crippen LogP contribution in [0.5, 0.6) is 0 Å². The first kappa shape index (κ1) is 16.1. The van der Waals surface area contributed by atoms with Crippen LogP contribution in [-0.4, -0.2) is 27.2 Å². The van der Waals surface area contributed by atoms with E-state index >= 15 is 0 Å². The van der Waals surface area contributed by atoms with Crippen molar-refractivity contribution < 1.29 is 4.79 Å². The zero-order chi connectivity index (χ0) is 16.8. The van der Waals surface area contributed by atoms with E-state index in [9.17, 15) is 4.79 Å². The van der Waals surface area contributed by atoms with Crippen LogP contribution >= 0.6 is 11.3 Å². The second-order valence-corrected chi connectivity index (χ2v) is 6.25. The van der Waals surface area contributed by atoms with Crippen molar-refractivity contribution in [1.29, 1.82) is 0 Å². The summed E-state index contributed by atoms with van der Waals surface area (Å²) in [5.74, 6) is -0.0966. The van der Waals surface area contributed by atoms with Gasteiger partial charge in [0.05, 0.1) is 12.2 Å². The van der Waals surface area contributed by atoms with Crippen LogP contribution in [0.3, 0.4) is 0 Å². The molecule has 6 heteroatoms. The Morgan fingerprint density at radius 1 is 1.38 bits per heavy atom. The molecule has 0 bridgehead atoms. The van der Waals surface area contributed by atoms with Crippen LogP contribution in [0.25, 0.3) is 17.3 Å². The lowest BCUT2D eigenvalue weighted by Gasteiger charge is -2.05. The number of pyridine rings is 1. The van der Waals surface area contributed by atoms with Gasteiger partial charge in [0, 0.05) is 41.1 Å². The summed E-state index contributed by atoms with van der Waals surface area (Å²) in [5.41, 5.74) is 2.93. The molecule has 0 aliphatic rings. The number of amides is 1. The first-order chi connectivity index (χ1) is 11.7. The van der Waals surface area contributed by atoms with Crippen LogP contribution in [0.1, 0.15) is 10.6 Å². The van der Waals surface area contributed by atoms with Gasteiger partial charge in [0.1, 0.15) is 0 Å². The maximum absolute atomic E-state index is 11.8. The third-order valence-electron chi connectivity index (χ3n) is 3.50. The minimum Gasteiger partial charge on any atom is -0.351 e. The Morgan fingerprint density at radius 2 is 2.29 bits per heavy atom. The van der Waals surface area contributed by atoms with Crippen LogP contribution in [0.2, 0.25) is 0 Å².